The fourth-order valence-electron chi connectivity index (χ4n) is 1.49. The normalized spacial score (nSPS) is 17.1. The maximum absolute atomic E-state index is 12.0. The molecule has 0 saturated carbocycles. The number of allylic oxidation sites excluding steroid dienone is 9. The van der Waals surface area contributed by atoms with Crippen LogP contribution in [0.5, 0.6) is 0 Å². The van der Waals surface area contributed by atoms with Crippen LogP contribution in [-0.2, 0) is 9.59 Å². The van der Waals surface area contributed by atoms with Crippen molar-refractivity contribution in [3.8, 4) is 0 Å². The van der Waals surface area contributed by atoms with Gasteiger partial charge in [0.15, 0.2) is 35.0 Å². The van der Waals surface area contributed by atoms with Crippen LogP contribution in [0, 0.1) is 18.5 Å². The van der Waals surface area contributed by atoms with Crippen molar-refractivity contribution in [1.82, 2.24) is 0 Å². The molecule has 26 heteroatoms. The summed E-state index contributed by atoms with van der Waals surface area (Å²) in [4.78, 5) is 17.6. The van der Waals surface area contributed by atoms with Crippen molar-refractivity contribution in [2.24, 2.45) is 0 Å². The molecule has 0 aromatic carbocycles. The van der Waals surface area contributed by atoms with Crippen molar-refractivity contribution in [1.29, 1.82) is 0 Å². The van der Waals surface area contributed by atoms with Crippen LogP contribution in [0.15, 0.2) is 87.1 Å². The summed E-state index contributed by atoms with van der Waals surface area (Å²) in [5.74, 6) is -30.0. The van der Waals surface area contributed by atoms with Gasteiger partial charge in [-0.1, -0.05) is 0 Å². The molecular formula is C22BiF21O4. The summed E-state index contributed by atoms with van der Waals surface area (Å²) in [7, 11) is 0. The van der Waals surface area contributed by atoms with Crippen molar-refractivity contribution in [3.63, 3.8) is 0 Å². The second kappa shape index (κ2) is 19.8. The van der Waals surface area contributed by atoms with Gasteiger partial charge in [-0.05, 0) is 17.2 Å². The Morgan fingerprint density at radius 2 is 0.521 bits per heavy atom. The van der Waals surface area contributed by atoms with Crippen LogP contribution in [-0.4, -0.2) is 50.5 Å². The standard InChI is InChI=1S/3C6F5.2C2HF3O2.Bi/c3*7-2-1-3(8)5(10)6(11)4(2)9;2*3-2(4,5)1(6)7;/h;;;2*(H,6,7);/q;;;;;+2/p-2. The summed E-state index contributed by atoms with van der Waals surface area (Å²) in [6, 6.07) is 0. The van der Waals surface area contributed by atoms with E-state index in [1.165, 1.54) is 0 Å². The zero-order valence-electron chi connectivity index (χ0n) is 21.0. The third kappa shape index (κ3) is 15.4. The molecule has 0 N–H and O–H groups in total. The van der Waals surface area contributed by atoms with Gasteiger partial charge >= 0.3 is 38.6 Å². The van der Waals surface area contributed by atoms with E-state index in [0.29, 0.717) is 0 Å². The van der Waals surface area contributed by atoms with Crippen molar-refractivity contribution >= 4 is 38.1 Å². The quantitative estimate of drug-likeness (QED) is 0.148. The maximum atomic E-state index is 12.0. The van der Waals surface area contributed by atoms with Gasteiger partial charge in [0, 0.05) is 0 Å². The minimum atomic E-state index is -5.19. The number of carbonyl (C=O) groups excluding carboxylic acids is 2. The minimum Gasteiger partial charge on any atom is -0.542 e. The molecule has 0 saturated heterocycles. The second-order valence-corrected chi connectivity index (χ2v) is 6.66. The van der Waals surface area contributed by atoms with Gasteiger partial charge in [-0.15, -0.1) is 0 Å². The molecule has 0 atom stereocenters. The van der Waals surface area contributed by atoms with Crippen molar-refractivity contribution < 1.29 is 112 Å². The molecule has 0 unspecified atom stereocenters. The third-order valence-electron chi connectivity index (χ3n) is 3.43. The van der Waals surface area contributed by atoms with Crippen molar-refractivity contribution in [2.45, 2.75) is 12.4 Å². The number of aliphatic carboxylic acids is 2. The van der Waals surface area contributed by atoms with Crippen LogP contribution < -0.4 is 10.2 Å². The van der Waals surface area contributed by atoms with Gasteiger partial charge in [-0.2, -0.15) is 65.9 Å². The molecule has 3 rings (SSSR count). The van der Waals surface area contributed by atoms with Crippen LogP contribution in [0.1, 0.15) is 0 Å². The molecule has 6 radical (unpaired) electrons. The zero-order valence-corrected chi connectivity index (χ0v) is 24.5. The van der Waals surface area contributed by atoms with Crippen molar-refractivity contribution in [2.75, 3.05) is 0 Å². The van der Waals surface area contributed by atoms with Crippen LogP contribution >= 0.6 is 0 Å². The van der Waals surface area contributed by atoms with Crippen LogP contribution in [0.4, 0.5) is 92.2 Å². The summed E-state index contributed by atoms with van der Waals surface area (Å²) in [6.45, 7) is 0. The summed E-state index contributed by atoms with van der Waals surface area (Å²) >= 11 is 0. The monoisotopic (exact) mass is 936 g/mol. The van der Waals surface area contributed by atoms with E-state index in [4.69, 9.17) is 19.8 Å². The predicted octanol–water partition coefficient (Wildman–Crippen LogP) is 7.09. The summed E-state index contributed by atoms with van der Waals surface area (Å²) in [5, 5.41) is 17.6. The molecule has 0 aliphatic heterocycles. The Morgan fingerprint density at radius 3 is 0.646 bits per heavy atom. The minimum absolute atomic E-state index is 0. The molecule has 48 heavy (non-hydrogen) atoms. The Labute approximate surface area is 268 Å². The first kappa shape index (κ1) is 48.5. The van der Waals surface area contributed by atoms with E-state index < -0.39 is 113 Å². The van der Waals surface area contributed by atoms with Gasteiger partial charge in [-0.25, -0.2) is 26.3 Å². The molecule has 4 nitrogen and oxygen atoms in total. The molecule has 0 aromatic rings. The van der Waals surface area contributed by atoms with E-state index >= 15 is 0 Å². The molecule has 264 valence electrons. The molecule has 0 amide bonds. The van der Waals surface area contributed by atoms with E-state index in [0.717, 1.165) is 17.2 Å². The number of carboxylic acids is 2. The Bertz CT molecular complexity index is 1360. The number of rotatable bonds is 0. The van der Waals surface area contributed by atoms with Crippen LogP contribution in [0.2, 0.25) is 0 Å². The van der Waals surface area contributed by atoms with Gasteiger partial charge in [0.1, 0.15) is 11.9 Å². The summed E-state index contributed by atoms with van der Waals surface area (Å²) in [6.07, 6.45) is -16.6. The molecule has 0 aromatic heterocycles. The number of hydrogen-bond donors (Lipinski definition) is 0. The summed E-state index contributed by atoms with van der Waals surface area (Å²) in [5.41, 5.74) is 3.07. The predicted molar refractivity (Wildman–Crippen MR) is 107 cm³/mol. The molecule has 3 aliphatic rings. The Morgan fingerprint density at radius 1 is 0.375 bits per heavy atom. The fraction of sp³-hybridized carbons (Fsp3) is 0.0909. The Kier molecular flexibility index (Phi) is 20.1. The van der Waals surface area contributed by atoms with Gasteiger partial charge in [0.05, 0.1) is 0 Å². The van der Waals surface area contributed by atoms with Crippen molar-refractivity contribution in [3.05, 3.63) is 106 Å². The van der Waals surface area contributed by atoms with Crippen LogP contribution in [0.3, 0.4) is 0 Å². The SMILES string of the molecule is F[C]1C(F)=C=C(F)C(F)=C1F.F[C]1C(F)=C=C(F)C(F)=C1F.F[C]1C(F)=C=C(F)C(F)=C1F.O=C([O-])C(F)(F)F.O=C([O-])C(F)(F)F.[Bi+2]. The number of halogens is 21. The smallest absolute Gasteiger partial charge is 0.542 e. The fourth-order valence-corrected chi connectivity index (χ4v) is 1.49. The Hall–Kier alpha value is -3.87. The number of carboxylic acid groups (broad SMARTS) is 2. The van der Waals surface area contributed by atoms with Gasteiger partial charge in [-0.3, -0.25) is 0 Å². The first-order chi connectivity index (χ1) is 21.0. The first-order valence-electron chi connectivity index (χ1n) is 9.79. The third-order valence-corrected chi connectivity index (χ3v) is 3.43. The number of hydrogen-bond acceptors (Lipinski definition) is 4. The second-order valence-electron chi connectivity index (χ2n) is 6.66. The van der Waals surface area contributed by atoms with Gasteiger partial charge < -0.3 is 19.8 Å². The number of carbonyl (C=O) groups is 2. The molecule has 0 fully saturated rings. The van der Waals surface area contributed by atoms with E-state index in [1.54, 1.807) is 0 Å². The Balaban J connectivity index is -0.000000533. The first-order valence-corrected chi connectivity index (χ1v) is 9.79. The van der Waals surface area contributed by atoms with Crippen LogP contribution in [0.25, 0.3) is 0 Å². The topological polar surface area (TPSA) is 80.3 Å². The molecule has 3 aliphatic carbocycles. The average Bonchev–Trinajstić information content (AvgIpc) is 2.95. The molecular weight excluding hydrogens is 936 g/mol. The van der Waals surface area contributed by atoms with E-state index in [-0.39, 0.29) is 26.2 Å². The van der Waals surface area contributed by atoms with E-state index in [2.05, 4.69) is 0 Å². The molecule has 0 spiro atoms. The largest absolute Gasteiger partial charge is 2.00 e. The molecule has 0 bridgehead atoms. The zero-order chi connectivity index (χ0) is 37.9. The maximum Gasteiger partial charge on any atom is 2.00 e. The van der Waals surface area contributed by atoms with E-state index in [9.17, 15) is 92.2 Å². The summed E-state index contributed by atoms with van der Waals surface area (Å²) < 4.78 is 243. The number of alkyl halides is 6. The molecule has 0 heterocycles. The van der Waals surface area contributed by atoms with E-state index in [1.807, 2.05) is 0 Å². The van der Waals surface area contributed by atoms with Gasteiger partial charge in [0.25, 0.3) is 18.5 Å². The average molecular weight is 936 g/mol. The van der Waals surface area contributed by atoms with Gasteiger partial charge in [0.2, 0.25) is 35.0 Å².